The van der Waals surface area contributed by atoms with Gasteiger partial charge in [-0.15, -0.1) is 11.3 Å². The molecule has 0 fully saturated rings. The Morgan fingerprint density at radius 1 is 1.16 bits per heavy atom. The van der Waals surface area contributed by atoms with Crippen molar-refractivity contribution in [1.82, 2.24) is 0 Å². The average molecular weight is 299 g/mol. The fraction of sp³-hybridized carbons (Fsp3) is 0.214. The Morgan fingerprint density at radius 3 is 2.63 bits per heavy atom. The zero-order chi connectivity index (χ0) is 13.6. The molecule has 1 aromatic carbocycles. The Labute approximate surface area is 117 Å². The van der Waals surface area contributed by atoms with Crippen LogP contribution >= 0.6 is 22.9 Å². The first-order valence-corrected chi connectivity index (χ1v) is 7.06. The predicted molar refractivity (Wildman–Crippen MR) is 71.1 cm³/mol. The highest BCUT2D eigenvalue weighted by atomic mass is 35.5. The van der Waals surface area contributed by atoms with Crippen LogP contribution in [0.4, 0.5) is 8.78 Å². The number of ketones is 1. The number of benzene rings is 1. The Kier molecular flexibility index (Phi) is 3.15. The lowest BCUT2D eigenvalue weighted by Gasteiger charge is -2.03. The van der Waals surface area contributed by atoms with E-state index in [0.29, 0.717) is 4.88 Å². The minimum Gasteiger partial charge on any atom is -0.288 e. The third-order valence-corrected chi connectivity index (χ3v) is 4.77. The SMILES string of the molecule is O=C(c1cc2c(s1)CCC2)c1cc(F)c(F)cc1Cl. The zero-order valence-corrected chi connectivity index (χ0v) is 11.4. The molecule has 1 heterocycles. The smallest absolute Gasteiger partial charge is 0.204 e. The van der Waals surface area contributed by atoms with E-state index in [2.05, 4.69) is 0 Å². The highest BCUT2D eigenvalue weighted by molar-refractivity contribution is 7.14. The van der Waals surface area contributed by atoms with Crippen molar-refractivity contribution in [2.45, 2.75) is 19.3 Å². The van der Waals surface area contributed by atoms with Gasteiger partial charge in [0.15, 0.2) is 11.6 Å². The molecule has 0 bridgehead atoms. The fourth-order valence-electron chi connectivity index (χ4n) is 2.27. The standard InChI is InChI=1S/C14H9ClF2OS/c15-9-6-11(17)10(16)5-8(9)14(18)13-4-7-2-1-3-12(7)19-13/h4-6H,1-3H2. The van der Waals surface area contributed by atoms with Crippen molar-refractivity contribution >= 4 is 28.7 Å². The summed E-state index contributed by atoms with van der Waals surface area (Å²) in [5, 5.41) is -0.0579. The van der Waals surface area contributed by atoms with Crippen molar-refractivity contribution in [3.8, 4) is 0 Å². The number of thiophene rings is 1. The monoisotopic (exact) mass is 298 g/mol. The van der Waals surface area contributed by atoms with Crippen molar-refractivity contribution in [3.63, 3.8) is 0 Å². The van der Waals surface area contributed by atoms with Crippen LogP contribution in [0.15, 0.2) is 18.2 Å². The largest absolute Gasteiger partial charge is 0.288 e. The van der Waals surface area contributed by atoms with Gasteiger partial charge in [-0.2, -0.15) is 0 Å². The molecule has 0 amide bonds. The molecular weight excluding hydrogens is 290 g/mol. The summed E-state index contributed by atoms with van der Waals surface area (Å²) >= 11 is 7.24. The molecule has 0 N–H and O–H groups in total. The van der Waals surface area contributed by atoms with Crippen LogP contribution in [0.5, 0.6) is 0 Å². The number of carbonyl (C=O) groups is 1. The number of halogens is 3. The molecule has 3 rings (SSSR count). The van der Waals surface area contributed by atoms with E-state index < -0.39 is 11.6 Å². The zero-order valence-electron chi connectivity index (χ0n) is 9.80. The molecule has 1 aromatic heterocycles. The van der Waals surface area contributed by atoms with E-state index in [-0.39, 0.29) is 16.4 Å². The second kappa shape index (κ2) is 4.69. The third kappa shape index (κ3) is 2.19. The maximum Gasteiger partial charge on any atom is 0.204 e. The second-order valence-corrected chi connectivity index (χ2v) is 6.03. The number of fused-ring (bicyclic) bond motifs is 1. The van der Waals surface area contributed by atoms with Crippen molar-refractivity contribution < 1.29 is 13.6 Å². The second-order valence-electron chi connectivity index (χ2n) is 4.49. The van der Waals surface area contributed by atoms with Crippen molar-refractivity contribution in [2.24, 2.45) is 0 Å². The van der Waals surface area contributed by atoms with Crippen LogP contribution < -0.4 is 0 Å². The third-order valence-electron chi connectivity index (χ3n) is 3.22. The van der Waals surface area contributed by atoms with Gasteiger partial charge in [0.25, 0.3) is 0 Å². The first kappa shape index (κ1) is 12.8. The van der Waals surface area contributed by atoms with Crippen LogP contribution in [0.3, 0.4) is 0 Å². The van der Waals surface area contributed by atoms with Gasteiger partial charge in [-0.25, -0.2) is 8.78 Å². The Hall–Kier alpha value is -1.26. The summed E-state index contributed by atoms with van der Waals surface area (Å²) in [5.41, 5.74) is 1.20. The van der Waals surface area contributed by atoms with Gasteiger partial charge in [-0.05, 0) is 43.0 Å². The Balaban J connectivity index is 2.01. The van der Waals surface area contributed by atoms with E-state index in [4.69, 9.17) is 11.6 Å². The number of carbonyl (C=O) groups excluding carboxylic acids is 1. The van der Waals surface area contributed by atoms with Crippen LogP contribution in [0.25, 0.3) is 0 Å². The van der Waals surface area contributed by atoms with E-state index in [1.165, 1.54) is 21.8 Å². The fourth-order valence-corrected chi connectivity index (χ4v) is 3.71. The van der Waals surface area contributed by atoms with Crippen molar-refractivity contribution in [2.75, 3.05) is 0 Å². The first-order chi connectivity index (χ1) is 9.06. The van der Waals surface area contributed by atoms with Crippen LogP contribution in [-0.4, -0.2) is 5.78 Å². The number of rotatable bonds is 2. The minimum absolute atomic E-state index is 0.0143. The maximum atomic E-state index is 13.2. The molecule has 98 valence electrons. The molecular formula is C14H9ClF2OS. The van der Waals surface area contributed by atoms with E-state index in [1.54, 1.807) is 0 Å². The molecule has 0 atom stereocenters. The molecule has 1 nitrogen and oxygen atoms in total. The number of aryl methyl sites for hydroxylation is 2. The quantitative estimate of drug-likeness (QED) is 0.593. The van der Waals surface area contributed by atoms with Gasteiger partial charge in [0.1, 0.15) is 0 Å². The van der Waals surface area contributed by atoms with Gasteiger partial charge in [0, 0.05) is 10.4 Å². The van der Waals surface area contributed by atoms with E-state index in [9.17, 15) is 13.6 Å². The van der Waals surface area contributed by atoms with Crippen molar-refractivity contribution in [3.05, 3.63) is 55.7 Å². The molecule has 0 radical (unpaired) electrons. The molecule has 0 aliphatic heterocycles. The summed E-state index contributed by atoms with van der Waals surface area (Å²) in [6.45, 7) is 0. The lowest BCUT2D eigenvalue weighted by atomic mass is 10.1. The van der Waals surface area contributed by atoms with Crippen LogP contribution in [0.2, 0.25) is 5.02 Å². The van der Waals surface area contributed by atoms with Gasteiger partial charge in [0.2, 0.25) is 5.78 Å². The molecule has 0 unspecified atom stereocenters. The molecule has 0 saturated heterocycles. The van der Waals surface area contributed by atoms with E-state index >= 15 is 0 Å². The summed E-state index contributed by atoms with van der Waals surface area (Å²) in [4.78, 5) is 14.0. The normalized spacial score (nSPS) is 13.6. The predicted octanol–water partition coefficient (Wildman–Crippen LogP) is 4.40. The highest BCUT2D eigenvalue weighted by Crippen LogP contribution is 2.33. The van der Waals surface area contributed by atoms with Gasteiger partial charge < -0.3 is 0 Å². The van der Waals surface area contributed by atoms with Gasteiger partial charge in [0.05, 0.1) is 9.90 Å². The molecule has 19 heavy (non-hydrogen) atoms. The molecule has 0 saturated carbocycles. The van der Waals surface area contributed by atoms with Gasteiger partial charge in [-0.1, -0.05) is 11.6 Å². The topological polar surface area (TPSA) is 17.1 Å². The molecule has 0 spiro atoms. The van der Waals surface area contributed by atoms with Crippen LogP contribution in [0, 0.1) is 11.6 Å². The van der Waals surface area contributed by atoms with E-state index in [0.717, 1.165) is 31.4 Å². The summed E-state index contributed by atoms with van der Waals surface area (Å²) in [5.74, 6) is -2.45. The summed E-state index contributed by atoms with van der Waals surface area (Å²) in [6.07, 6.45) is 3.07. The minimum atomic E-state index is -1.06. The Bertz CT molecular complexity index is 657. The number of hydrogen-bond donors (Lipinski definition) is 0. The van der Waals surface area contributed by atoms with Crippen LogP contribution in [0.1, 0.15) is 32.1 Å². The average Bonchev–Trinajstić information content (AvgIpc) is 2.93. The molecule has 2 aromatic rings. The maximum absolute atomic E-state index is 13.2. The van der Waals surface area contributed by atoms with E-state index in [1.807, 2.05) is 6.07 Å². The van der Waals surface area contributed by atoms with Crippen LogP contribution in [-0.2, 0) is 12.8 Å². The lowest BCUT2D eigenvalue weighted by molar-refractivity contribution is 0.104. The Morgan fingerprint density at radius 2 is 1.89 bits per heavy atom. The van der Waals surface area contributed by atoms with Gasteiger partial charge in [-0.3, -0.25) is 4.79 Å². The lowest BCUT2D eigenvalue weighted by Crippen LogP contribution is -2.02. The first-order valence-electron chi connectivity index (χ1n) is 5.87. The summed E-state index contributed by atoms with van der Waals surface area (Å²) in [7, 11) is 0. The number of hydrogen-bond acceptors (Lipinski definition) is 2. The molecule has 1 aliphatic rings. The summed E-state index contributed by atoms with van der Waals surface area (Å²) < 4.78 is 26.2. The highest BCUT2D eigenvalue weighted by Gasteiger charge is 2.22. The molecule has 1 aliphatic carbocycles. The summed E-state index contributed by atoms with van der Waals surface area (Å²) in [6, 6.07) is 3.54. The van der Waals surface area contributed by atoms with Gasteiger partial charge >= 0.3 is 0 Å². The van der Waals surface area contributed by atoms with Crippen molar-refractivity contribution in [1.29, 1.82) is 0 Å². The molecule has 5 heteroatoms.